The van der Waals surface area contributed by atoms with Crippen molar-refractivity contribution in [2.24, 2.45) is 0 Å². The lowest BCUT2D eigenvalue weighted by Crippen LogP contribution is -2.43. The Morgan fingerprint density at radius 2 is 2.33 bits per heavy atom. The third kappa shape index (κ3) is 3.23. The summed E-state index contributed by atoms with van der Waals surface area (Å²) >= 11 is 5.54. The fourth-order valence-electron chi connectivity index (χ4n) is 1.49. The number of nitrogens with one attached hydrogen (secondary N) is 1. The molecule has 0 aromatic rings. The average molecular weight is 231 g/mol. The normalized spacial score (nSPS) is 23.8. The molecule has 1 fully saturated rings. The van der Waals surface area contributed by atoms with E-state index >= 15 is 0 Å². The van der Waals surface area contributed by atoms with Crippen LogP contribution >= 0.6 is 11.6 Å². The van der Waals surface area contributed by atoms with Crippen molar-refractivity contribution < 1.29 is 9.59 Å². The predicted octanol–water partition coefficient (Wildman–Crippen LogP) is 0.866. The van der Waals surface area contributed by atoms with Crippen molar-refractivity contribution in [2.45, 2.75) is 26.3 Å². The number of amides is 2. The summed E-state index contributed by atoms with van der Waals surface area (Å²) in [4.78, 5) is 24.6. The second-order valence-corrected chi connectivity index (χ2v) is 3.97. The minimum absolute atomic E-state index is 0.0567. The van der Waals surface area contributed by atoms with Gasteiger partial charge in [0.1, 0.15) is 6.04 Å². The Morgan fingerprint density at radius 3 is 2.93 bits per heavy atom. The number of nitrogens with zero attached hydrogens (tertiary/aromatic N) is 1. The van der Waals surface area contributed by atoms with Crippen LogP contribution < -0.4 is 5.32 Å². The number of carbonyl (C=O) groups excluding carboxylic acids is 2. The second-order valence-electron chi connectivity index (χ2n) is 3.75. The van der Waals surface area contributed by atoms with E-state index in [4.69, 9.17) is 11.6 Å². The Bertz CT molecular complexity index is 302. The van der Waals surface area contributed by atoms with Gasteiger partial charge in [-0.2, -0.15) is 0 Å². The molecule has 15 heavy (non-hydrogen) atoms. The first-order valence-corrected chi connectivity index (χ1v) is 5.32. The van der Waals surface area contributed by atoms with Crippen LogP contribution in [0.5, 0.6) is 0 Å². The Labute approximate surface area is 94.3 Å². The van der Waals surface area contributed by atoms with Crippen LogP contribution in [-0.4, -0.2) is 35.8 Å². The first kappa shape index (κ1) is 12.0. The molecule has 1 N–H and O–H groups in total. The van der Waals surface area contributed by atoms with Crippen LogP contribution in [0.2, 0.25) is 0 Å². The Morgan fingerprint density at radius 1 is 1.67 bits per heavy atom. The zero-order valence-corrected chi connectivity index (χ0v) is 9.67. The molecule has 2 amide bonds. The minimum Gasteiger partial charge on any atom is -0.345 e. The molecule has 4 nitrogen and oxygen atoms in total. The van der Waals surface area contributed by atoms with Gasteiger partial charge in [-0.15, -0.1) is 0 Å². The van der Waals surface area contributed by atoms with Crippen molar-refractivity contribution in [2.75, 3.05) is 13.1 Å². The van der Waals surface area contributed by atoms with Gasteiger partial charge in [0.2, 0.25) is 11.8 Å². The highest BCUT2D eigenvalue weighted by Gasteiger charge is 2.26. The van der Waals surface area contributed by atoms with Crippen LogP contribution in [0, 0.1) is 0 Å². The Kier molecular flexibility index (Phi) is 4.15. The molecule has 1 saturated heterocycles. The maximum atomic E-state index is 11.8. The summed E-state index contributed by atoms with van der Waals surface area (Å²) in [5.74, 6) is -0.135. The van der Waals surface area contributed by atoms with Gasteiger partial charge < -0.3 is 10.2 Å². The maximum Gasteiger partial charge on any atom is 0.245 e. The minimum atomic E-state index is -0.442. The van der Waals surface area contributed by atoms with Gasteiger partial charge >= 0.3 is 0 Å². The third-order valence-electron chi connectivity index (χ3n) is 2.29. The highest BCUT2D eigenvalue weighted by atomic mass is 35.5. The zero-order valence-electron chi connectivity index (χ0n) is 8.92. The molecule has 1 atom stereocenters. The van der Waals surface area contributed by atoms with Gasteiger partial charge in [0, 0.05) is 25.0 Å². The maximum absolute atomic E-state index is 11.8. The fourth-order valence-corrected chi connectivity index (χ4v) is 1.56. The molecule has 0 aromatic heterocycles. The summed E-state index contributed by atoms with van der Waals surface area (Å²) in [5.41, 5.74) is 2.37. The van der Waals surface area contributed by atoms with E-state index in [9.17, 15) is 9.59 Å². The second kappa shape index (κ2) is 5.16. The van der Waals surface area contributed by atoms with Crippen molar-refractivity contribution in [1.82, 2.24) is 10.2 Å². The molecule has 1 rings (SSSR count). The fraction of sp³-hybridized carbons (Fsp3) is 0.600. The van der Waals surface area contributed by atoms with Gasteiger partial charge in [0.15, 0.2) is 0 Å². The molecule has 1 aliphatic rings. The van der Waals surface area contributed by atoms with Gasteiger partial charge in [0.05, 0.1) is 0 Å². The molecule has 0 aromatic carbocycles. The van der Waals surface area contributed by atoms with Crippen molar-refractivity contribution in [3.05, 3.63) is 11.1 Å². The van der Waals surface area contributed by atoms with Crippen LogP contribution in [0.4, 0.5) is 0 Å². The average Bonchev–Trinajstić information content (AvgIpc) is 2.31. The molecule has 0 aliphatic carbocycles. The lowest BCUT2D eigenvalue weighted by atomic mass is 10.2. The van der Waals surface area contributed by atoms with Gasteiger partial charge in [-0.25, -0.2) is 0 Å². The lowest BCUT2D eigenvalue weighted by Gasteiger charge is -2.22. The van der Waals surface area contributed by atoms with Crippen molar-refractivity contribution >= 4 is 23.4 Å². The smallest absolute Gasteiger partial charge is 0.245 e. The topological polar surface area (TPSA) is 49.4 Å². The predicted molar refractivity (Wildman–Crippen MR) is 58.4 cm³/mol. The lowest BCUT2D eigenvalue weighted by molar-refractivity contribution is -0.132. The standard InChI is InChI=1S/C10H15ClN2O2/c1-7(5-11)6-13-4-3-9(14)12-8(2)10(13)15/h5,8H,3-4,6H2,1-2H3,(H,12,14). The van der Waals surface area contributed by atoms with Gasteiger partial charge in [-0.3, -0.25) is 9.59 Å². The van der Waals surface area contributed by atoms with E-state index in [1.165, 1.54) is 5.54 Å². The molecule has 5 heteroatoms. The van der Waals surface area contributed by atoms with Gasteiger partial charge in [-0.05, 0) is 19.4 Å². The molecule has 0 radical (unpaired) electrons. The third-order valence-corrected chi connectivity index (χ3v) is 2.67. The van der Waals surface area contributed by atoms with Crippen molar-refractivity contribution in [3.63, 3.8) is 0 Å². The number of hydrogen-bond donors (Lipinski definition) is 1. The van der Waals surface area contributed by atoms with E-state index < -0.39 is 6.04 Å². The van der Waals surface area contributed by atoms with E-state index in [1.807, 2.05) is 6.92 Å². The van der Waals surface area contributed by atoms with E-state index in [-0.39, 0.29) is 11.8 Å². The van der Waals surface area contributed by atoms with Crippen LogP contribution in [0.1, 0.15) is 20.3 Å². The first-order valence-electron chi connectivity index (χ1n) is 4.88. The number of hydrogen-bond acceptors (Lipinski definition) is 2. The molecule has 0 saturated carbocycles. The van der Waals surface area contributed by atoms with E-state index in [0.717, 1.165) is 5.57 Å². The monoisotopic (exact) mass is 230 g/mol. The molecule has 0 bridgehead atoms. The van der Waals surface area contributed by atoms with Crippen LogP contribution in [0.25, 0.3) is 0 Å². The number of rotatable bonds is 2. The van der Waals surface area contributed by atoms with Gasteiger partial charge in [-0.1, -0.05) is 11.6 Å². The van der Waals surface area contributed by atoms with Crippen LogP contribution in [0.3, 0.4) is 0 Å². The van der Waals surface area contributed by atoms with E-state index in [2.05, 4.69) is 5.32 Å². The van der Waals surface area contributed by atoms with E-state index in [0.29, 0.717) is 19.5 Å². The highest BCUT2D eigenvalue weighted by molar-refractivity contribution is 6.25. The molecule has 84 valence electrons. The van der Waals surface area contributed by atoms with E-state index in [1.54, 1.807) is 11.8 Å². The summed E-state index contributed by atoms with van der Waals surface area (Å²) in [6, 6.07) is -0.442. The molecule has 1 unspecified atom stereocenters. The molecule has 1 aliphatic heterocycles. The largest absolute Gasteiger partial charge is 0.345 e. The molecule has 0 spiro atoms. The van der Waals surface area contributed by atoms with Gasteiger partial charge in [0.25, 0.3) is 0 Å². The van der Waals surface area contributed by atoms with Crippen molar-refractivity contribution in [1.29, 1.82) is 0 Å². The molecular formula is C10H15ClN2O2. The summed E-state index contributed by atoms with van der Waals surface area (Å²) in [6.45, 7) is 4.49. The SMILES string of the molecule is CC(=CCl)CN1CCC(=O)NC(C)C1=O. The zero-order chi connectivity index (χ0) is 11.4. The highest BCUT2D eigenvalue weighted by Crippen LogP contribution is 2.07. The number of carbonyl (C=O) groups is 2. The summed E-state index contributed by atoms with van der Waals surface area (Å²) in [6.07, 6.45) is 0.353. The van der Waals surface area contributed by atoms with Crippen molar-refractivity contribution in [3.8, 4) is 0 Å². The first-order chi connectivity index (χ1) is 7.04. The Hall–Kier alpha value is -1.03. The summed E-state index contributed by atoms with van der Waals surface area (Å²) < 4.78 is 0. The summed E-state index contributed by atoms with van der Waals surface area (Å²) in [5, 5.41) is 2.63. The number of halogens is 1. The summed E-state index contributed by atoms with van der Waals surface area (Å²) in [7, 11) is 0. The van der Waals surface area contributed by atoms with Crippen LogP contribution in [-0.2, 0) is 9.59 Å². The quantitative estimate of drug-likeness (QED) is 0.765. The molecular weight excluding hydrogens is 216 g/mol. The Balaban J connectivity index is 2.71. The van der Waals surface area contributed by atoms with Crippen LogP contribution in [0.15, 0.2) is 11.1 Å². The molecule has 1 heterocycles.